The van der Waals surface area contributed by atoms with E-state index in [0.29, 0.717) is 5.66 Å². The Morgan fingerprint density at radius 2 is 1.62 bits per heavy atom. The standard InChI is InChI=1S/C15H19P/c1-15(2,3)13-10-6-7-11-14(13)16-12-8-4-5-9-12/h4-12,16H,1-3H3. The van der Waals surface area contributed by atoms with Crippen LogP contribution in [0, 0.1) is 0 Å². The van der Waals surface area contributed by atoms with Gasteiger partial charge < -0.3 is 0 Å². The third kappa shape index (κ3) is 2.62. The van der Waals surface area contributed by atoms with E-state index in [2.05, 4.69) is 69.3 Å². The van der Waals surface area contributed by atoms with E-state index in [1.54, 1.807) is 0 Å². The van der Waals surface area contributed by atoms with Gasteiger partial charge in [-0.3, -0.25) is 0 Å². The fourth-order valence-electron chi connectivity index (χ4n) is 1.97. The number of hydrogen-bond acceptors (Lipinski definition) is 0. The molecule has 1 aliphatic rings. The molecule has 16 heavy (non-hydrogen) atoms. The molecular weight excluding hydrogens is 211 g/mol. The lowest BCUT2D eigenvalue weighted by atomic mass is 9.87. The Morgan fingerprint density at radius 3 is 2.25 bits per heavy atom. The molecule has 2 rings (SSSR count). The van der Waals surface area contributed by atoms with Crippen molar-refractivity contribution in [1.29, 1.82) is 0 Å². The number of allylic oxidation sites excluding steroid dienone is 4. The zero-order valence-corrected chi connectivity index (χ0v) is 11.2. The molecule has 84 valence electrons. The summed E-state index contributed by atoms with van der Waals surface area (Å²) in [7, 11) is 0.857. The smallest absolute Gasteiger partial charge is 0.0169 e. The van der Waals surface area contributed by atoms with Crippen LogP contribution in [0.5, 0.6) is 0 Å². The summed E-state index contributed by atoms with van der Waals surface area (Å²) in [5, 5.41) is 1.51. The predicted octanol–water partition coefficient (Wildman–Crippen LogP) is 3.78. The number of rotatable bonds is 2. The first-order valence-corrected chi connectivity index (χ1v) is 6.86. The zero-order chi connectivity index (χ0) is 11.6. The Labute approximate surface area is 100 Å². The lowest BCUT2D eigenvalue weighted by Crippen LogP contribution is -2.20. The largest absolute Gasteiger partial charge is 0.0790 e. The Kier molecular flexibility index (Phi) is 3.30. The lowest BCUT2D eigenvalue weighted by molar-refractivity contribution is 0.594. The van der Waals surface area contributed by atoms with Gasteiger partial charge in [-0.25, -0.2) is 0 Å². The summed E-state index contributed by atoms with van der Waals surface area (Å²) in [6, 6.07) is 8.85. The van der Waals surface area contributed by atoms with E-state index in [0.717, 1.165) is 8.58 Å². The maximum Gasteiger partial charge on any atom is 0.0169 e. The molecule has 0 amide bonds. The highest BCUT2D eigenvalue weighted by molar-refractivity contribution is 7.48. The van der Waals surface area contributed by atoms with E-state index < -0.39 is 0 Å². The molecule has 0 heterocycles. The van der Waals surface area contributed by atoms with E-state index in [1.165, 1.54) is 10.9 Å². The molecule has 0 saturated heterocycles. The van der Waals surface area contributed by atoms with Crippen molar-refractivity contribution in [2.24, 2.45) is 0 Å². The molecule has 1 aromatic carbocycles. The van der Waals surface area contributed by atoms with Gasteiger partial charge in [0.1, 0.15) is 0 Å². The molecule has 0 radical (unpaired) electrons. The normalized spacial score (nSPS) is 16.7. The summed E-state index contributed by atoms with van der Waals surface area (Å²) in [5.74, 6) is 0. The van der Waals surface area contributed by atoms with Gasteiger partial charge in [0, 0.05) is 5.66 Å². The van der Waals surface area contributed by atoms with Crippen LogP contribution in [0.1, 0.15) is 26.3 Å². The molecule has 1 aliphatic carbocycles. The van der Waals surface area contributed by atoms with Gasteiger partial charge in [0.25, 0.3) is 0 Å². The fourth-order valence-corrected chi connectivity index (χ4v) is 3.55. The minimum absolute atomic E-state index is 0.246. The lowest BCUT2D eigenvalue weighted by Gasteiger charge is -2.23. The van der Waals surface area contributed by atoms with Crippen LogP contribution in [0.3, 0.4) is 0 Å². The molecule has 1 atom stereocenters. The second-order valence-electron chi connectivity index (χ2n) is 5.24. The Morgan fingerprint density at radius 1 is 1.00 bits per heavy atom. The molecule has 0 nitrogen and oxygen atoms in total. The Hall–Kier alpha value is -0.870. The van der Waals surface area contributed by atoms with Crippen molar-refractivity contribution >= 4 is 13.9 Å². The molecule has 1 unspecified atom stereocenters. The summed E-state index contributed by atoms with van der Waals surface area (Å²) in [6.07, 6.45) is 8.88. The summed E-state index contributed by atoms with van der Waals surface area (Å²) >= 11 is 0. The third-order valence-electron chi connectivity index (χ3n) is 2.81. The van der Waals surface area contributed by atoms with E-state index in [1.807, 2.05) is 0 Å². The molecule has 0 spiro atoms. The molecule has 1 aromatic rings. The first-order valence-electron chi connectivity index (χ1n) is 5.78. The van der Waals surface area contributed by atoms with Crippen LogP contribution < -0.4 is 5.30 Å². The van der Waals surface area contributed by atoms with Crippen LogP contribution in [-0.2, 0) is 5.41 Å². The van der Waals surface area contributed by atoms with Crippen molar-refractivity contribution in [3.05, 3.63) is 54.1 Å². The van der Waals surface area contributed by atoms with Crippen molar-refractivity contribution in [2.45, 2.75) is 31.8 Å². The van der Waals surface area contributed by atoms with E-state index in [-0.39, 0.29) is 5.41 Å². The topological polar surface area (TPSA) is 0 Å². The summed E-state index contributed by atoms with van der Waals surface area (Å²) < 4.78 is 0. The maximum absolute atomic E-state index is 2.29. The SMILES string of the molecule is CC(C)(C)c1ccccc1PC1C=CC=C1. The maximum atomic E-state index is 2.29. The summed E-state index contributed by atoms with van der Waals surface area (Å²) in [4.78, 5) is 0. The molecule has 0 saturated carbocycles. The highest BCUT2D eigenvalue weighted by Crippen LogP contribution is 2.30. The monoisotopic (exact) mass is 230 g/mol. The van der Waals surface area contributed by atoms with E-state index in [4.69, 9.17) is 0 Å². The molecule has 0 aliphatic heterocycles. The van der Waals surface area contributed by atoms with Gasteiger partial charge >= 0.3 is 0 Å². The predicted molar refractivity (Wildman–Crippen MR) is 75.2 cm³/mol. The van der Waals surface area contributed by atoms with Crippen LogP contribution in [0.4, 0.5) is 0 Å². The van der Waals surface area contributed by atoms with Crippen LogP contribution in [0.25, 0.3) is 0 Å². The quantitative estimate of drug-likeness (QED) is 0.678. The number of benzene rings is 1. The van der Waals surface area contributed by atoms with Crippen molar-refractivity contribution < 1.29 is 0 Å². The first-order chi connectivity index (χ1) is 7.57. The summed E-state index contributed by atoms with van der Waals surface area (Å²) in [5.41, 5.74) is 2.35. The van der Waals surface area contributed by atoms with Gasteiger partial charge in [-0.1, -0.05) is 77.9 Å². The van der Waals surface area contributed by atoms with E-state index >= 15 is 0 Å². The average molecular weight is 230 g/mol. The first kappa shape index (κ1) is 11.6. The molecular formula is C15H19P. The second kappa shape index (κ2) is 4.55. The van der Waals surface area contributed by atoms with Crippen LogP contribution >= 0.6 is 8.58 Å². The minimum Gasteiger partial charge on any atom is -0.0790 e. The second-order valence-corrected chi connectivity index (χ2v) is 6.73. The molecule has 0 aromatic heterocycles. The Bertz CT molecular complexity index is 409. The van der Waals surface area contributed by atoms with Gasteiger partial charge in [-0.2, -0.15) is 0 Å². The van der Waals surface area contributed by atoms with Gasteiger partial charge in [0.2, 0.25) is 0 Å². The van der Waals surface area contributed by atoms with Gasteiger partial charge in [0.15, 0.2) is 0 Å². The van der Waals surface area contributed by atoms with Gasteiger partial charge in [-0.05, 0) is 16.3 Å². The van der Waals surface area contributed by atoms with E-state index in [9.17, 15) is 0 Å². The van der Waals surface area contributed by atoms with Crippen LogP contribution in [-0.4, -0.2) is 5.66 Å². The highest BCUT2D eigenvalue weighted by Gasteiger charge is 2.18. The Balaban J connectivity index is 2.26. The number of hydrogen-bond donors (Lipinski definition) is 0. The third-order valence-corrected chi connectivity index (χ3v) is 4.27. The van der Waals surface area contributed by atoms with Crippen molar-refractivity contribution in [3.63, 3.8) is 0 Å². The fraction of sp³-hybridized carbons (Fsp3) is 0.333. The van der Waals surface area contributed by atoms with Crippen molar-refractivity contribution in [2.75, 3.05) is 0 Å². The zero-order valence-electron chi connectivity index (χ0n) is 10.2. The van der Waals surface area contributed by atoms with Crippen molar-refractivity contribution in [3.8, 4) is 0 Å². The highest BCUT2D eigenvalue weighted by atomic mass is 31.1. The van der Waals surface area contributed by atoms with Gasteiger partial charge in [0.05, 0.1) is 0 Å². The van der Waals surface area contributed by atoms with Crippen molar-refractivity contribution in [1.82, 2.24) is 0 Å². The van der Waals surface area contributed by atoms with Crippen LogP contribution in [0.15, 0.2) is 48.6 Å². The average Bonchev–Trinajstić information content (AvgIpc) is 2.70. The van der Waals surface area contributed by atoms with Crippen LogP contribution in [0.2, 0.25) is 0 Å². The van der Waals surface area contributed by atoms with Gasteiger partial charge in [-0.15, -0.1) is 0 Å². The molecule has 0 bridgehead atoms. The summed E-state index contributed by atoms with van der Waals surface area (Å²) in [6.45, 7) is 6.86. The molecule has 0 N–H and O–H groups in total. The molecule has 0 fully saturated rings. The minimum atomic E-state index is 0.246. The molecule has 1 heteroatoms.